The van der Waals surface area contributed by atoms with E-state index in [0.717, 1.165) is 22.2 Å². The Morgan fingerprint density at radius 1 is 1.19 bits per heavy atom. The molecule has 138 valence electrons. The molecule has 0 bridgehead atoms. The Bertz CT molecular complexity index is 993. The van der Waals surface area contributed by atoms with Gasteiger partial charge in [0.05, 0.1) is 19.1 Å². The largest absolute Gasteiger partial charge is 0.497 e. The number of benzene rings is 2. The minimum Gasteiger partial charge on any atom is -0.497 e. The molecule has 6 nitrogen and oxygen atoms in total. The molecule has 1 aliphatic heterocycles. The summed E-state index contributed by atoms with van der Waals surface area (Å²) in [5, 5.41) is 4.05. The lowest BCUT2D eigenvalue weighted by Gasteiger charge is -2.25. The summed E-state index contributed by atoms with van der Waals surface area (Å²) in [5.41, 5.74) is 2.59. The number of hydrogen-bond acceptors (Lipinski definition) is 3. The zero-order valence-electron chi connectivity index (χ0n) is 15.2. The van der Waals surface area contributed by atoms with Crippen molar-refractivity contribution in [3.05, 3.63) is 60.3 Å². The van der Waals surface area contributed by atoms with Gasteiger partial charge in [0.25, 0.3) is 0 Å². The summed E-state index contributed by atoms with van der Waals surface area (Å²) in [6, 6.07) is 14.9. The maximum absolute atomic E-state index is 13.0. The molecular formula is C21H21N3O3. The average molecular weight is 363 g/mol. The summed E-state index contributed by atoms with van der Waals surface area (Å²) >= 11 is 0. The quantitative estimate of drug-likeness (QED) is 0.747. The number of nitrogens with zero attached hydrogens (tertiary/aromatic N) is 1. The second-order valence-electron chi connectivity index (χ2n) is 6.80. The number of anilines is 1. The molecule has 27 heavy (non-hydrogen) atoms. The molecule has 1 aromatic heterocycles. The fraction of sp³-hybridized carbons (Fsp3) is 0.238. The fourth-order valence-electron chi connectivity index (χ4n) is 3.72. The predicted octanol–water partition coefficient (Wildman–Crippen LogP) is 3.33. The molecule has 0 spiro atoms. The van der Waals surface area contributed by atoms with Crippen molar-refractivity contribution in [3.63, 3.8) is 0 Å². The third-order valence-corrected chi connectivity index (χ3v) is 5.20. The fourth-order valence-corrected chi connectivity index (χ4v) is 3.72. The summed E-state index contributed by atoms with van der Waals surface area (Å²) in [4.78, 5) is 30.1. The zero-order chi connectivity index (χ0) is 19.0. The van der Waals surface area contributed by atoms with E-state index in [4.69, 9.17) is 4.74 Å². The Morgan fingerprint density at radius 3 is 2.70 bits per heavy atom. The van der Waals surface area contributed by atoms with Crippen LogP contribution in [0, 0.1) is 5.92 Å². The Labute approximate surface area is 157 Å². The van der Waals surface area contributed by atoms with E-state index in [2.05, 4.69) is 10.3 Å². The number of carbonyl (C=O) groups is 2. The summed E-state index contributed by atoms with van der Waals surface area (Å²) in [7, 11) is 3.35. The Kier molecular flexibility index (Phi) is 4.32. The number of likely N-dealkylation sites (tertiary alicyclic amines) is 1. The Hall–Kier alpha value is -3.28. The normalized spacial score (nSPS) is 19.5. The van der Waals surface area contributed by atoms with Gasteiger partial charge in [0.15, 0.2) is 0 Å². The number of carbonyl (C=O) groups excluding carboxylic acids is 2. The molecule has 0 radical (unpaired) electrons. The van der Waals surface area contributed by atoms with Crippen LogP contribution in [0.25, 0.3) is 10.9 Å². The topological polar surface area (TPSA) is 74.4 Å². The zero-order valence-corrected chi connectivity index (χ0v) is 15.2. The number of fused-ring (bicyclic) bond motifs is 1. The smallest absolute Gasteiger partial charge is 0.230 e. The molecule has 4 rings (SSSR count). The van der Waals surface area contributed by atoms with Gasteiger partial charge in [-0.3, -0.25) is 9.59 Å². The molecule has 2 amide bonds. The van der Waals surface area contributed by atoms with Crippen LogP contribution in [0.15, 0.2) is 54.7 Å². The van der Waals surface area contributed by atoms with Crippen LogP contribution in [-0.2, 0) is 9.59 Å². The molecule has 1 saturated heterocycles. The van der Waals surface area contributed by atoms with Crippen molar-refractivity contribution >= 4 is 28.4 Å². The van der Waals surface area contributed by atoms with Crippen LogP contribution in [0.5, 0.6) is 5.75 Å². The van der Waals surface area contributed by atoms with Gasteiger partial charge >= 0.3 is 0 Å². The molecule has 3 aromatic rings. The first-order chi connectivity index (χ1) is 13.1. The number of hydrogen-bond donors (Lipinski definition) is 2. The van der Waals surface area contributed by atoms with Crippen molar-refractivity contribution in [3.8, 4) is 5.75 Å². The first kappa shape index (κ1) is 17.1. The Morgan fingerprint density at radius 2 is 1.96 bits per heavy atom. The van der Waals surface area contributed by atoms with Crippen LogP contribution in [0.3, 0.4) is 0 Å². The van der Waals surface area contributed by atoms with E-state index in [9.17, 15) is 9.59 Å². The summed E-state index contributed by atoms with van der Waals surface area (Å²) in [6.45, 7) is 0. The third-order valence-electron chi connectivity index (χ3n) is 5.20. The van der Waals surface area contributed by atoms with Crippen LogP contribution in [0.4, 0.5) is 5.69 Å². The second-order valence-corrected chi connectivity index (χ2v) is 6.80. The maximum atomic E-state index is 13.0. The maximum Gasteiger partial charge on any atom is 0.230 e. The number of aromatic amines is 1. The molecule has 0 aliphatic carbocycles. The van der Waals surface area contributed by atoms with Crippen LogP contribution in [0.1, 0.15) is 18.0 Å². The van der Waals surface area contributed by atoms with E-state index < -0.39 is 5.92 Å². The van der Waals surface area contributed by atoms with Crippen molar-refractivity contribution < 1.29 is 14.3 Å². The van der Waals surface area contributed by atoms with E-state index in [-0.39, 0.29) is 24.3 Å². The summed E-state index contributed by atoms with van der Waals surface area (Å²) < 4.78 is 5.20. The molecule has 0 unspecified atom stereocenters. The van der Waals surface area contributed by atoms with Gasteiger partial charge in [0, 0.05) is 30.9 Å². The molecule has 2 heterocycles. The Balaban J connectivity index is 1.59. The van der Waals surface area contributed by atoms with Crippen LogP contribution in [-0.4, -0.2) is 35.9 Å². The summed E-state index contributed by atoms with van der Waals surface area (Å²) in [6.07, 6.45) is 2.06. The number of nitrogens with one attached hydrogen (secondary N) is 2. The first-order valence-corrected chi connectivity index (χ1v) is 8.84. The molecule has 2 N–H and O–H groups in total. The van der Waals surface area contributed by atoms with Crippen molar-refractivity contribution in [1.82, 2.24) is 9.88 Å². The highest BCUT2D eigenvalue weighted by Gasteiger charge is 2.42. The monoisotopic (exact) mass is 363 g/mol. The van der Waals surface area contributed by atoms with Crippen molar-refractivity contribution in [2.24, 2.45) is 5.92 Å². The molecule has 1 fully saturated rings. The van der Waals surface area contributed by atoms with Crippen molar-refractivity contribution in [2.75, 3.05) is 19.5 Å². The standard InChI is InChI=1S/C21H21N3O3/c1-24-19(25)12-17(20(24)14-4-7-16(27-2)8-5-14)21(26)23-15-6-3-13-9-10-22-18(13)11-15/h3-11,17,20,22H,12H2,1-2H3,(H,23,26)/t17-,20-/m1/s1. The van der Waals surface area contributed by atoms with Gasteiger partial charge in [-0.2, -0.15) is 0 Å². The lowest BCUT2D eigenvalue weighted by molar-refractivity contribution is -0.127. The highest BCUT2D eigenvalue weighted by Crippen LogP contribution is 2.38. The lowest BCUT2D eigenvalue weighted by Crippen LogP contribution is -2.30. The van der Waals surface area contributed by atoms with Gasteiger partial charge in [-0.05, 0) is 41.3 Å². The third kappa shape index (κ3) is 3.14. The first-order valence-electron chi connectivity index (χ1n) is 8.84. The minimum absolute atomic E-state index is 0.0317. The highest BCUT2D eigenvalue weighted by molar-refractivity contribution is 5.99. The van der Waals surface area contributed by atoms with E-state index in [0.29, 0.717) is 5.69 Å². The molecule has 6 heteroatoms. The van der Waals surface area contributed by atoms with Crippen LogP contribution >= 0.6 is 0 Å². The molecule has 0 saturated carbocycles. The number of aromatic nitrogens is 1. The number of H-pyrrole nitrogens is 1. The minimum atomic E-state index is -0.449. The number of ether oxygens (including phenoxy) is 1. The van der Waals surface area contributed by atoms with Gasteiger partial charge in [0.1, 0.15) is 5.75 Å². The van der Waals surface area contributed by atoms with Gasteiger partial charge in [-0.1, -0.05) is 18.2 Å². The molecule has 1 aliphatic rings. The van der Waals surface area contributed by atoms with Crippen molar-refractivity contribution in [1.29, 1.82) is 0 Å². The van der Waals surface area contributed by atoms with Crippen molar-refractivity contribution in [2.45, 2.75) is 12.5 Å². The lowest BCUT2D eigenvalue weighted by atomic mass is 9.92. The van der Waals surface area contributed by atoms with Gasteiger partial charge in [0.2, 0.25) is 11.8 Å². The van der Waals surface area contributed by atoms with E-state index in [1.807, 2.05) is 54.7 Å². The summed E-state index contributed by atoms with van der Waals surface area (Å²) in [5.74, 6) is 0.108. The van der Waals surface area contributed by atoms with Gasteiger partial charge in [-0.25, -0.2) is 0 Å². The van der Waals surface area contributed by atoms with Crippen LogP contribution in [0.2, 0.25) is 0 Å². The van der Waals surface area contributed by atoms with E-state index >= 15 is 0 Å². The van der Waals surface area contributed by atoms with Crippen LogP contribution < -0.4 is 10.1 Å². The molecule has 2 atom stereocenters. The van der Waals surface area contributed by atoms with Gasteiger partial charge < -0.3 is 19.9 Å². The SMILES string of the molecule is COc1ccc([C@@H]2[C@H](C(=O)Nc3ccc4cc[nH]c4c3)CC(=O)N2C)cc1. The van der Waals surface area contributed by atoms with Gasteiger partial charge in [-0.15, -0.1) is 0 Å². The predicted molar refractivity (Wildman–Crippen MR) is 104 cm³/mol. The highest BCUT2D eigenvalue weighted by atomic mass is 16.5. The number of methoxy groups -OCH3 is 1. The van der Waals surface area contributed by atoms with E-state index in [1.54, 1.807) is 19.1 Å². The number of amides is 2. The molecule has 2 aromatic carbocycles. The second kappa shape index (κ2) is 6.79. The van der Waals surface area contributed by atoms with E-state index in [1.165, 1.54) is 0 Å². The molecular weight excluding hydrogens is 342 g/mol. The number of rotatable bonds is 4. The average Bonchev–Trinajstić information content (AvgIpc) is 3.26.